The molecule has 1 aliphatic carbocycles. The van der Waals surface area contributed by atoms with E-state index in [4.69, 9.17) is 16.7 Å². The SMILES string of the molecule is CN(CCCO)Cc1ccc([C@H]2CC[C@H](N(C)S(=O)(=O)c3ccc(Cl)cc3)CC2)cc1. The van der Waals surface area contributed by atoms with Gasteiger partial charge in [0.05, 0.1) is 4.90 Å². The predicted octanol–water partition coefficient (Wildman–Crippen LogP) is 4.50. The molecule has 0 amide bonds. The van der Waals surface area contributed by atoms with Crippen LogP contribution in [0.5, 0.6) is 0 Å². The molecule has 31 heavy (non-hydrogen) atoms. The number of aliphatic hydroxyl groups is 1. The van der Waals surface area contributed by atoms with Crippen LogP contribution in [0.4, 0.5) is 0 Å². The van der Waals surface area contributed by atoms with E-state index in [1.165, 1.54) is 15.4 Å². The third kappa shape index (κ3) is 6.30. The summed E-state index contributed by atoms with van der Waals surface area (Å²) in [7, 11) is 0.253. The summed E-state index contributed by atoms with van der Waals surface area (Å²) in [6.45, 7) is 1.98. The maximum atomic E-state index is 13.0. The summed E-state index contributed by atoms with van der Waals surface area (Å²) in [6.07, 6.45) is 4.49. The van der Waals surface area contributed by atoms with E-state index in [9.17, 15) is 8.42 Å². The minimum atomic E-state index is -3.51. The first kappa shape index (κ1) is 24.2. The monoisotopic (exact) mass is 464 g/mol. The summed E-state index contributed by atoms with van der Waals surface area (Å²) in [4.78, 5) is 2.51. The van der Waals surface area contributed by atoms with E-state index >= 15 is 0 Å². The van der Waals surface area contributed by atoms with Gasteiger partial charge >= 0.3 is 0 Å². The van der Waals surface area contributed by atoms with E-state index < -0.39 is 10.0 Å². The Morgan fingerprint density at radius 2 is 1.58 bits per heavy atom. The molecule has 0 spiro atoms. The van der Waals surface area contributed by atoms with Crippen LogP contribution in [0.2, 0.25) is 5.02 Å². The molecule has 0 heterocycles. The van der Waals surface area contributed by atoms with Crippen LogP contribution in [-0.2, 0) is 16.6 Å². The van der Waals surface area contributed by atoms with Gasteiger partial charge in [-0.05, 0) is 80.5 Å². The Labute approximate surface area is 191 Å². The number of benzene rings is 2. The van der Waals surface area contributed by atoms with Gasteiger partial charge in [-0.2, -0.15) is 4.31 Å². The Hall–Kier alpha value is -1.44. The lowest BCUT2D eigenvalue weighted by Crippen LogP contribution is -2.39. The first-order chi connectivity index (χ1) is 14.8. The van der Waals surface area contributed by atoms with Crippen molar-refractivity contribution in [1.82, 2.24) is 9.21 Å². The predicted molar refractivity (Wildman–Crippen MR) is 126 cm³/mol. The second-order valence-corrected chi connectivity index (χ2v) is 11.0. The Morgan fingerprint density at radius 1 is 0.968 bits per heavy atom. The summed E-state index contributed by atoms with van der Waals surface area (Å²) < 4.78 is 27.4. The fraction of sp³-hybridized carbons (Fsp3) is 0.500. The first-order valence-corrected chi connectivity index (χ1v) is 12.7. The summed E-state index contributed by atoms with van der Waals surface area (Å²) in [5, 5.41) is 9.49. The average Bonchev–Trinajstić information content (AvgIpc) is 2.78. The zero-order chi connectivity index (χ0) is 22.4. The van der Waals surface area contributed by atoms with Crippen LogP contribution in [0.3, 0.4) is 0 Å². The average molecular weight is 465 g/mol. The molecule has 0 saturated heterocycles. The number of rotatable bonds is 9. The van der Waals surface area contributed by atoms with Crippen molar-refractivity contribution in [2.45, 2.75) is 55.5 Å². The summed E-state index contributed by atoms with van der Waals surface area (Å²) in [5.74, 6) is 0.476. The molecule has 0 unspecified atom stereocenters. The Bertz CT molecular complexity index is 924. The maximum absolute atomic E-state index is 13.0. The number of nitrogens with zero attached hydrogens (tertiary/aromatic N) is 2. The number of sulfonamides is 1. The van der Waals surface area contributed by atoms with E-state index in [2.05, 4.69) is 36.2 Å². The van der Waals surface area contributed by atoms with Crippen LogP contribution >= 0.6 is 11.6 Å². The molecule has 2 aromatic rings. The van der Waals surface area contributed by atoms with Gasteiger partial charge in [-0.3, -0.25) is 0 Å². The molecule has 1 fully saturated rings. The fourth-order valence-electron chi connectivity index (χ4n) is 4.37. The van der Waals surface area contributed by atoms with Crippen molar-refractivity contribution in [3.63, 3.8) is 0 Å². The van der Waals surface area contributed by atoms with E-state index in [1.807, 2.05) is 0 Å². The van der Waals surface area contributed by atoms with Crippen molar-refractivity contribution in [1.29, 1.82) is 0 Å². The zero-order valence-electron chi connectivity index (χ0n) is 18.4. The molecule has 5 nitrogen and oxygen atoms in total. The van der Waals surface area contributed by atoms with Gasteiger partial charge in [0.15, 0.2) is 0 Å². The molecule has 170 valence electrons. The number of halogens is 1. The molecule has 7 heteroatoms. The molecule has 0 bridgehead atoms. The van der Waals surface area contributed by atoms with Crippen LogP contribution < -0.4 is 0 Å². The van der Waals surface area contributed by atoms with E-state index in [0.717, 1.165) is 45.2 Å². The lowest BCUT2D eigenvalue weighted by molar-refractivity contribution is 0.244. The topological polar surface area (TPSA) is 60.9 Å². The van der Waals surface area contributed by atoms with Crippen molar-refractivity contribution in [2.24, 2.45) is 0 Å². The lowest BCUT2D eigenvalue weighted by Gasteiger charge is -2.34. The van der Waals surface area contributed by atoms with Crippen LogP contribution in [0, 0.1) is 0 Å². The molecule has 1 aliphatic rings. The number of hydrogen-bond donors (Lipinski definition) is 1. The zero-order valence-corrected chi connectivity index (χ0v) is 19.9. The molecule has 0 atom stereocenters. The molecule has 0 radical (unpaired) electrons. The number of aliphatic hydroxyl groups excluding tert-OH is 1. The van der Waals surface area contributed by atoms with Crippen molar-refractivity contribution >= 4 is 21.6 Å². The Morgan fingerprint density at radius 3 is 2.16 bits per heavy atom. The molecule has 1 N–H and O–H groups in total. The largest absolute Gasteiger partial charge is 0.396 e. The third-order valence-electron chi connectivity index (χ3n) is 6.30. The lowest BCUT2D eigenvalue weighted by atomic mass is 9.81. The molecule has 2 aromatic carbocycles. The second kappa shape index (κ2) is 10.9. The minimum Gasteiger partial charge on any atom is -0.396 e. The second-order valence-electron chi connectivity index (χ2n) is 8.54. The van der Waals surface area contributed by atoms with Crippen LogP contribution in [0.1, 0.15) is 49.1 Å². The van der Waals surface area contributed by atoms with Gasteiger partial charge < -0.3 is 10.0 Å². The van der Waals surface area contributed by atoms with Gasteiger partial charge in [-0.1, -0.05) is 35.9 Å². The van der Waals surface area contributed by atoms with Gasteiger partial charge in [0, 0.05) is 37.8 Å². The van der Waals surface area contributed by atoms with E-state index in [1.54, 1.807) is 31.3 Å². The molecule has 1 saturated carbocycles. The van der Waals surface area contributed by atoms with Gasteiger partial charge in [-0.25, -0.2) is 8.42 Å². The normalized spacial score (nSPS) is 19.8. The highest BCUT2D eigenvalue weighted by Crippen LogP contribution is 2.36. The standard InChI is InChI=1S/C24H33ClN2O3S/c1-26(16-3-17-28)18-19-4-6-20(7-5-19)21-8-12-23(13-9-21)27(2)31(29,30)24-14-10-22(25)11-15-24/h4-7,10-11,14-15,21,23,28H,3,8-9,12-13,16-18H2,1-2H3/t21-,23-. The maximum Gasteiger partial charge on any atom is 0.243 e. The third-order valence-corrected chi connectivity index (χ3v) is 8.48. The highest BCUT2D eigenvalue weighted by molar-refractivity contribution is 7.89. The van der Waals surface area contributed by atoms with Crippen LogP contribution in [0.15, 0.2) is 53.4 Å². The molecular formula is C24H33ClN2O3S. The van der Waals surface area contributed by atoms with E-state index in [0.29, 0.717) is 15.8 Å². The highest BCUT2D eigenvalue weighted by atomic mass is 35.5. The smallest absolute Gasteiger partial charge is 0.243 e. The van der Waals surface area contributed by atoms with Crippen LogP contribution in [0.25, 0.3) is 0 Å². The van der Waals surface area contributed by atoms with Crippen molar-refractivity contribution in [2.75, 3.05) is 27.2 Å². The highest BCUT2D eigenvalue weighted by Gasteiger charge is 2.31. The molecular weight excluding hydrogens is 432 g/mol. The van der Waals surface area contributed by atoms with Crippen molar-refractivity contribution in [3.8, 4) is 0 Å². The van der Waals surface area contributed by atoms with Gasteiger partial charge in [-0.15, -0.1) is 0 Å². The molecule has 3 rings (SSSR count). The van der Waals surface area contributed by atoms with Gasteiger partial charge in [0.2, 0.25) is 10.0 Å². The summed E-state index contributed by atoms with van der Waals surface area (Å²) >= 11 is 5.90. The van der Waals surface area contributed by atoms with E-state index in [-0.39, 0.29) is 12.6 Å². The summed E-state index contributed by atoms with van der Waals surface area (Å²) in [6, 6.07) is 15.2. The number of hydrogen-bond acceptors (Lipinski definition) is 4. The first-order valence-electron chi connectivity index (χ1n) is 10.9. The van der Waals surface area contributed by atoms with Gasteiger partial charge in [0.1, 0.15) is 0 Å². The Kier molecular flexibility index (Phi) is 8.53. The quantitative estimate of drug-likeness (QED) is 0.593. The van der Waals surface area contributed by atoms with Crippen molar-refractivity contribution < 1.29 is 13.5 Å². The molecule has 0 aliphatic heterocycles. The minimum absolute atomic E-state index is 0.0244. The van der Waals surface area contributed by atoms with Crippen LogP contribution in [-0.4, -0.2) is 56.0 Å². The van der Waals surface area contributed by atoms with Crippen molar-refractivity contribution in [3.05, 3.63) is 64.7 Å². The van der Waals surface area contributed by atoms with Gasteiger partial charge in [0.25, 0.3) is 0 Å². The summed E-state index contributed by atoms with van der Waals surface area (Å²) in [5.41, 5.74) is 2.61. The fourth-order valence-corrected chi connectivity index (χ4v) is 5.91. The molecule has 0 aromatic heterocycles. The Balaban J connectivity index is 1.56.